The Labute approximate surface area is 134 Å². The van der Waals surface area contributed by atoms with Gasteiger partial charge in [0.25, 0.3) is 5.69 Å². The number of nitro benzene ring substituents is 1. The van der Waals surface area contributed by atoms with Crippen LogP contribution in [0.25, 0.3) is 0 Å². The monoisotopic (exact) mass is 336 g/mol. The van der Waals surface area contributed by atoms with Crippen LogP contribution in [0.15, 0.2) is 18.2 Å². The van der Waals surface area contributed by atoms with E-state index in [1.54, 1.807) is 0 Å². The first-order valence-electron chi connectivity index (χ1n) is 6.33. The highest BCUT2D eigenvalue weighted by Gasteiger charge is 2.16. The van der Waals surface area contributed by atoms with Gasteiger partial charge in [0, 0.05) is 12.6 Å². The van der Waals surface area contributed by atoms with E-state index in [4.69, 9.17) is 16.3 Å². The van der Waals surface area contributed by atoms with Crippen molar-refractivity contribution < 1.29 is 14.5 Å². The number of rotatable bonds is 7. The van der Waals surface area contributed by atoms with E-state index in [9.17, 15) is 14.9 Å². The zero-order valence-electron chi connectivity index (χ0n) is 11.9. The van der Waals surface area contributed by atoms with E-state index in [1.807, 2.05) is 13.8 Å². The molecule has 0 fully saturated rings. The first-order chi connectivity index (χ1) is 9.49. The predicted molar refractivity (Wildman–Crippen MR) is 83.4 cm³/mol. The second-order valence-electron chi connectivity index (χ2n) is 4.09. The van der Waals surface area contributed by atoms with Crippen LogP contribution in [0.5, 0.6) is 0 Å². The average molecular weight is 337 g/mol. The number of nitro groups is 1. The first-order valence-corrected chi connectivity index (χ1v) is 6.70. The van der Waals surface area contributed by atoms with Crippen molar-refractivity contribution in [1.29, 1.82) is 0 Å². The van der Waals surface area contributed by atoms with Crippen LogP contribution in [0.4, 0.5) is 5.69 Å². The first kappa shape index (κ1) is 19.6. The molecule has 0 saturated heterocycles. The number of nitrogens with zero attached hydrogens (tertiary/aromatic N) is 2. The second-order valence-corrected chi connectivity index (χ2v) is 4.49. The Kier molecular flexibility index (Phi) is 8.92. The lowest BCUT2D eigenvalue weighted by atomic mass is 10.2. The summed E-state index contributed by atoms with van der Waals surface area (Å²) in [5, 5.41) is 10.5. The van der Waals surface area contributed by atoms with Gasteiger partial charge in [-0.2, -0.15) is 0 Å². The molecule has 0 bridgehead atoms. The minimum atomic E-state index is -0.599. The largest absolute Gasteiger partial charge is 0.461 e. The van der Waals surface area contributed by atoms with Crippen molar-refractivity contribution in [3.8, 4) is 0 Å². The van der Waals surface area contributed by atoms with Crippen molar-refractivity contribution >= 4 is 35.7 Å². The molecular weight excluding hydrogens is 319 g/mol. The molecule has 0 aliphatic carbocycles. The Balaban J connectivity index is 0.00000400. The van der Waals surface area contributed by atoms with Crippen LogP contribution < -0.4 is 0 Å². The van der Waals surface area contributed by atoms with Gasteiger partial charge in [-0.15, -0.1) is 12.4 Å². The normalized spacial score (nSPS) is 10.1. The maximum atomic E-state index is 11.8. The number of ether oxygens (including phenoxy) is 1. The molecule has 118 valence electrons. The van der Waals surface area contributed by atoms with Crippen LogP contribution in [-0.4, -0.2) is 42.0 Å². The SMILES string of the molecule is CCN(CC)CCOC(=O)c1ccc([N+](=O)[O-])c(Cl)c1.Cl. The fourth-order valence-electron chi connectivity index (χ4n) is 1.67. The fraction of sp³-hybridized carbons (Fsp3) is 0.462. The average Bonchev–Trinajstić information content (AvgIpc) is 2.42. The molecule has 1 rings (SSSR count). The van der Waals surface area contributed by atoms with Gasteiger partial charge in [0.05, 0.1) is 10.5 Å². The summed E-state index contributed by atoms with van der Waals surface area (Å²) in [6.45, 7) is 6.76. The van der Waals surface area contributed by atoms with Crippen LogP contribution in [0.2, 0.25) is 5.02 Å². The summed E-state index contributed by atoms with van der Waals surface area (Å²) in [6, 6.07) is 3.78. The molecule has 0 unspecified atom stereocenters. The van der Waals surface area contributed by atoms with E-state index >= 15 is 0 Å². The van der Waals surface area contributed by atoms with E-state index in [1.165, 1.54) is 18.2 Å². The molecule has 0 radical (unpaired) electrons. The third kappa shape index (κ3) is 5.87. The molecule has 0 spiro atoms. The van der Waals surface area contributed by atoms with Crippen molar-refractivity contribution in [3.05, 3.63) is 38.9 Å². The Morgan fingerprint density at radius 3 is 2.48 bits per heavy atom. The molecular formula is C13H18Cl2N2O4. The summed E-state index contributed by atoms with van der Waals surface area (Å²) in [5.74, 6) is -0.533. The van der Waals surface area contributed by atoms with Gasteiger partial charge in [-0.05, 0) is 25.2 Å². The van der Waals surface area contributed by atoms with Crippen molar-refractivity contribution in [2.75, 3.05) is 26.2 Å². The lowest BCUT2D eigenvalue weighted by Gasteiger charge is -2.17. The van der Waals surface area contributed by atoms with E-state index in [0.29, 0.717) is 6.54 Å². The molecule has 0 aromatic heterocycles. The van der Waals surface area contributed by atoms with Crippen LogP contribution >= 0.6 is 24.0 Å². The summed E-state index contributed by atoms with van der Waals surface area (Å²) in [5.41, 5.74) is -0.0218. The van der Waals surface area contributed by atoms with Gasteiger partial charge in [-0.3, -0.25) is 10.1 Å². The fourth-order valence-corrected chi connectivity index (χ4v) is 1.92. The zero-order chi connectivity index (χ0) is 15.1. The summed E-state index contributed by atoms with van der Waals surface area (Å²) in [7, 11) is 0. The van der Waals surface area contributed by atoms with Gasteiger partial charge in [-0.1, -0.05) is 25.4 Å². The number of carbonyl (C=O) groups excluding carboxylic acids is 1. The Morgan fingerprint density at radius 2 is 2.00 bits per heavy atom. The molecule has 0 N–H and O–H groups in total. The summed E-state index contributed by atoms with van der Waals surface area (Å²) < 4.78 is 5.11. The van der Waals surface area contributed by atoms with Gasteiger partial charge < -0.3 is 9.64 Å². The quantitative estimate of drug-likeness (QED) is 0.434. The Hall–Kier alpha value is -1.37. The molecule has 0 aliphatic heterocycles. The van der Waals surface area contributed by atoms with Gasteiger partial charge in [0.1, 0.15) is 11.6 Å². The molecule has 0 amide bonds. The second kappa shape index (κ2) is 9.55. The molecule has 0 aliphatic rings. The lowest BCUT2D eigenvalue weighted by molar-refractivity contribution is -0.384. The van der Waals surface area contributed by atoms with Gasteiger partial charge in [0.15, 0.2) is 0 Å². The van der Waals surface area contributed by atoms with E-state index in [2.05, 4.69) is 4.90 Å². The number of benzene rings is 1. The van der Waals surface area contributed by atoms with E-state index in [0.717, 1.165) is 13.1 Å². The molecule has 6 nitrogen and oxygen atoms in total. The van der Waals surface area contributed by atoms with E-state index < -0.39 is 10.9 Å². The highest BCUT2D eigenvalue weighted by molar-refractivity contribution is 6.33. The highest BCUT2D eigenvalue weighted by Crippen LogP contribution is 2.25. The maximum absolute atomic E-state index is 11.8. The summed E-state index contributed by atoms with van der Waals surface area (Å²) >= 11 is 5.74. The minimum Gasteiger partial charge on any atom is -0.461 e. The molecule has 0 heterocycles. The van der Waals surface area contributed by atoms with Crippen molar-refractivity contribution in [1.82, 2.24) is 4.90 Å². The Morgan fingerprint density at radius 1 is 1.38 bits per heavy atom. The number of hydrogen-bond donors (Lipinski definition) is 0. The minimum absolute atomic E-state index is 0. The van der Waals surface area contributed by atoms with Crippen LogP contribution in [0, 0.1) is 10.1 Å². The zero-order valence-corrected chi connectivity index (χ0v) is 13.4. The van der Waals surface area contributed by atoms with Gasteiger partial charge in [0.2, 0.25) is 0 Å². The van der Waals surface area contributed by atoms with Crippen molar-refractivity contribution in [2.45, 2.75) is 13.8 Å². The number of carbonyl (C=O) groups is 1. The molecule has 0 atom stereocenters. The van der Waals surface area contributed by atoms with Crippen LogP contribution in [-0.2, 0) is 4.74 Å². The van der Waals surface area contributed by atoms with Crippen molar-refractivity contribution in [3.63, 3.8) is 0 Å². The topological polar surface area (TPSA) is 72.7 Å². The smallest absolute Gasteiger partial charge is 0.338 e. The molecule has 0 saturated carbocycles. The van der Waals surface area contributed by atoms with Gasteiger partial charge >= 0.3 is 5.97 Å². The summed E-state index contributed by atoms with van der Waals surface area (Å²) in [6.07, 6.45) is 0. The third-order valence-corrected chi connectivity index (χ3v) is 3.22. The van der Waals surface area contributed by atoms with E-state index in [-0.39, 0.29) is 35.3 Å². The Bertz CT molecular complexity index is 493. The number of likely N-dealkylation sites (N-methyl/N-ethyl adjacent to an activating group) is 1. The van der Waals surface area contributed by atoms with Crippen LogP contribution in [0.1, 0.15) is 24.2 Å². The molecule has 8 heteroatoms. The maximum Gasteiger partial charge on any atom is 0.338 e. The molecule has 21 heavy (non-hydrogen) atoms. The molecule has 1 aromatic carbocycles. The van der Waals surface area contributed by atoms with Gasteiger partial charge in [-0.25, -0.2) is 4.79 Å². The van der Waals surface area contributed by atoms with Crippen molar-refractivity contribution in [2.24, 2.45) is 0 Å². The lowest BCUT2D eigenvalue weighted by Crippen LogP contribution is -2.27. The molecule has 1 aromatic rings. The number of esters is 1. The highest BCUT2D eigenvalue weighted by atomic mass is 35.5. The third-order valence-electron chi connectivity index (χ3n) is 2.92. The predicted octanol–water partition coefficient (Wildman–Crippen LogP) is 3.17. The summed E-state index contributed by atoms with van der Waals surface area (Å²) in [4.78, 5) is 23.9. The number of hydrogen-bond acceptors (Lipinski definition) is 5. The standard InChI is InChI=1S/C13H17ClN2O4.ClH/c1-3-15(4-2)7-8-20-13(17)10-5-6-12(16(18)19)11(14)9-10;/h5-6,9H,3-4,7-8H2,1-2H3;1H. The van der Waals surface area contributed by atoms with Crippen LogP contribution in [0.3, 0.4) is 0 Å². The number of halogens is 2.